The van der Waals surface area contributed by atoms with E-state index in [1.165, 1.54) is 6.33 Å². The van der Waals surface area contributed by atoms with Gasteiger partial charge in [0.25, 0.3) is 5.78 Å². The van der Waals surface area contributed by atoms with Gasteiger partial charge in [0.1, 0.15) is 12.1 Å². The summed E-state index contributed by atoms with van der Waals surface area (Å²) in [6, 6.07) is 2.04. The molecule has 8 nitrogen and oxygen atoms in total. The molecule has 0 aliphatic carbocycles. The molecule has 1 aliphatic rings. The summed E-state index contributed by atoms with van der Waals surface area (Å²) < 4.78 is 9.63. The van der Waals surface area contributed by atoms with Crippen LogP contribution in [0.2, 0.25) is 0 Å². The molecule has 0 bridgehead atoms. The van der Waals surface area contributed by atoms with Gasteiger partial charge in [-0.25, -0.2) is 4.98 Å². The van der Waals surface area contributed by atoms with Crippen LogP contribution >= 0.6 is 0 Å². The first kappa shape index (κ1) is 14.1. The highest BCUT2D eigenvalue weighted by molar-refractivity contribution is 5.47. The largest absolute Gasteiger partial charge is 0.373 e. The van der Waals surface area contributed by atoms with Crippen molar-refractivity contribution in [2.75, 3.05) is 24.6 Å². The Morgan fingerprint density at radius 3 is 3.04 bits per heavy atom. The Kier molecular flexibility index (Phi) is 3.45. The van der Waals surface area contributed by atoms with Crippen molar-refractivity contribution >= 4 is 11.6 Å². The summed E-state index contributed by atoms with van der Waals surface area (Å²) in [5.41, 5.74) is 2.10. The fourth-order valence-electron chi connectivity index (χ4n) is 2.95. The van der Waals surface area contributed by atoms with Crippen molar-refractivity contribution in [2.24, 2.45) is 0 Å². The zero-order chi connectivity index (χ0) is 15.8. The van der Waals surface area contributed by atoms with Gasteiger partial charge in [0.2, 0.25) is 0 Å². The fraction of sp³-hybridized carbons (Fsp3) is 0.467. The highest BCUT2D eigenvalue weighted by atomic mass is 16.5. The van der Waals surface area contributed by atoms with Crippen molar-refractivity contribution in [3.63, 3.8) is 0 Å². The summed E-state index contributed by atoms with van der Waals surface area (Å²) in [5.74, 6) is 1.64. The number of hydrogen-bond donors (Lipinski definition) is 0. The van der Waals surface area contributed by atoms with Crippen molar-refractivity contribution < 1.29 is 4.74 Å². The van der Waals surface area contributed by atoms with E-state index in [0.29, 0.717) is 12.4 Å². The van der Waals surface area contributed by atoms with Gasteiger partial charge < -0.3 is 9.64 Å². The van der Waals surface area contributed by atoms with Gasteiger partial charge in [-0.2, -0.15) is 19.7 Å². The molecule has 0 radical (unpaired) electrons. The van der Waals surface area contributed by atoms with Crippen LogP contribution in [0, 0.1) is 13.8 Å². The fourth-order valence-corrected chi connectivity index (χ4v) is 2.95. The molecule has 4 rings (SSSR count). The van der Waals surface area contributed by atoms with Crippen LogP contribution in [0.15, 0.2) is 24.8 Å². The van der Waals surface area contributed by atoms with Crippen LogP contribution in [0.25, 0.3) is 5.78 Å². The second-order valence-corrected chi connectivity index (χ2v) is 5.91. The molecule has 0 saturated carbocycles. The molecule has 1 saturated heterocycles. The number of morpholine rings is 1. The van der Waals surface area contributed by atoms with Crippen LogP contribution in [0.5, 0.6) is 0 Å². The van der Waals surface area contributed by atoms with Crippen molar-refractivity contribution in [3.8, 4) is 0 Å². The van der Waals surface area contributed by atoms with Crippen LogP contribution in [-0.2, 0) is 11.3 Å². The second-order valence-electron chi connectivity index (χ2n) is 5.91. The number of hydrogen-bond acceptors (Lipinski definition) is 6. The molecule has 3 aromatic rings. The molecule has 0 spiro atoms. The lowest BCUT2D eigenvalue weighted by molar-refractivity contribution is 0.0270. The zero-order valence-corrected chi connectivity index (χ0v) is 13.3. The Morgan fingerprint density at radius 2 is 2.22 bits per heavy atom. The Labute approximate surface area is 133 Å². The van der Waals surface area contributed by atoms with Gasteiger partial charge in [0, 0.05) is 31.0 Å². The summed E-state index contributed by atoms with van der Waals surface area (Å²) in [5, 5.41) is 8.63. The average molecular weight is 313 g/mol. The Morgan fingerprint density at radius 1 is 1.30 bits per heavy atom. The van der Waals surface area contributed by atoms with E-state index in [2.05, 4.69) is 25.1 Å². The van der Waals surface area contributed by atoms with E-state index in [9.17, 15) is 0 Å². The standard InChI is InChI=1S/C15H19N7O/c1-11-6-17-21(7-11)9-13-8-20(3-4-23-13)14-5-12(2)19-15-16-10-18-22(14)15/h5-7,10,13H,3-4,8-9H2,1-2H3. The lowest BCUT2D eigenvalue weighted by atomic mass is 10.2. The van der Waals surface area contributed by atoms with Crippen molar-refractivity contribution in [1.29, 1.82) is 0 Å². The van der Waals surface area contributed by atoms with Crippen molar-refractivity contribution in [2.45, 2.75) is 26.5 Å². The van der Waals surface area contributed by atoms with Crippen molar-refractivity contribution in [3.05, 3.63) is 36.0 Å². The smallest absolute Gasteiger partial charge is 0.254 e. The maximum Gasteiger partial charge on any atom is 0.254 e. The zero-order valence-electron chi connectivity index (χ0n) is 13.3. The maximum atomic E-state index is 5.90. The van der Waals surface area contributed by atoms with Crippen LogP contribution in [0.3, 0.4) is 0 Å². The summed E-state index contributed by atoms with van der Waals surface area (Å²) in [4.78, 5) is 10.9. The van der Waals surface area contributed by atoms with E-state index in [4.69, 9.17) is 4.74 Å². The molecule has 8 heteroatoms. The summed E-state index contributed by atoms with van der Waals surface area (Å²) >= 11 is 0. The van der Waals surface area contributed by atoms with E-state index < -0.39 is 0 Å². The first-order valence-electron chi connectivity index (χ1n) is 7.72. The first-order valence-corrected chi connectivity index (χ1v) is 7.72. The van der Waals surface area contributed by atoms with Gasteiger partial charge in [0.15, 0.2) is 0 Å². The molecular weight excluding hydrogens is 294 g/mol. The SMILES string of the molecule is Cc1cnn(CC2CN(c3cc(C)nc4ncnn34)CCO2)c1. The van der Waals surface area contributed by atoms with E-state index in [0.717, 1.165) is 36.7 Å². The second kappa shape index (κ2) is 5.62. The van der Waals surface area contributed by atoms with Gasteiger partial charge >= 0.3 is 0 Å². The monoisotopic (exact) mass is 313 g/mol. The molecular formula is C15H19N7O. The quantitative estimate of drug-likeness (QED) is 0.713. The van der Waals surface area contributed by atoms with E-state index >= 15 is 0 Å². The topological polar surface area (TPSA) is 73.4 Å². The first-order chi connectivity index (χ1) is 11.2. The minimum Gasteiger partial charge on any atom is -0.373 e. The Balaban J connectivity index is 1.57. The molecule has 0 amide bonds. The molecule has 23 heavy (non-hydrogen) atoms. The number of fused-ring (bicyclic) bond motifs is 1. The Hall–Kier alpha value is -2.48. The third-order valence-electron chi connectivity index (χ3n) is 3.98. The summed E-state index contributed by atoms with van der Waals surface area (Å²) in [6.07, 6.45) is 5.53. The van der Waals surface area contributed by atoms with E-state index in [1.54, 1.807) is 4.52 Å². The van der Waals surface area contributed by atoms with Crippen LogP contribution in [-0.4, -0.2) is 55.2 Å². The molecule has 1 atom stereocenters. The molecule has 120 valence electrons. The van der Waals surface area contributed by atoms with Crippen LogP contribution in [0.1, 0.15) is 11.3 Å². The van der Waals surface area contributed by atoms with Gasteiger partial charge in [0.05, 0.1) is 25.5 Å². The number of nitrogens with zero attached hydrogens (tertiary/aromatic N) is 7. The average Bonchev–Trinajstić information content (AvgIpc) is 3.15. The lowest BCUT2D eigenvalue weighted by Crippen LogP contribution is -2.45. The number of aromatic nitrogens is 6. The highest BCUT2D eigenvalue weighted by Crippen LogP contribution is 2.19. The minimum atomic E-state index is 0.0927. The van der Waals surface area contributed by atoms with Gasteiger partial charge in [-0.15, -0.1) is 0 Å². The van der Waals surface area contributed by atoms with Gasteiger partial charge in [-0.05, 0) is 19.4 Å². The Bertz CT molecular complexity index is 824. The van der Waals surface area contributed by atoms with Gasteiger partial charge in [-0.3, -0.25) is 4.68 Å². The minimum absolute atomic E-state index is 0.0927. The number of ether oxygens (including phenoxy) is 1. The number of aryl methyl sites for hydroxylation is 2. The maximum absolute atomic E-state index is 5.90. The van der Waals surface area contributed by atoms with Crippen LogP contribution in [0.4, 0.5) is 5.82 Å². The van der Waals surface area contributed by atoms with Crippen LogP contribution < -0.4 is 4.90 Å². The molecule has 1 aliphatic heterocycles. The molecule has 3 aromatic heterocycles. The molecule has 1 unspecified atom stereocenters. The summed E-state index contributed by atoms with van der Waals surface area (Å²) in [7, 11) is 0. The number of anilines is 1. The lowest BCUT2D eigenvalue weighted by Gasteiger charge is -2.34. The predicted octanol–water partition coefficient (Wildman–Crippen LogP) is 0.843. The number of rotatable bonds is 3. The molecule has 1 fully saturated rings. The third kappa shape index (κ3) is 2.77. The molecule has 0 N–H and O–H groups in total. The van der Waals surface area contributed by atoms with E-state index in [1.807, 2.05) is 37.0 Å². The summed E-state index contributed by atoms with van der Waals surface area (Å²) in [6.45, 7) is 7.06. The molecule has 4 heterocycles. The predicted molar refractivity (Wildman–Crippen MR) is 84.4 cm³/mol. The molecule has 0 aromatic carbocycles. The van der Waals surface area contributed by atoms with E-state index in [-0.39, 0.29) is 6.10 Å². The van der Waals surface area contributed by atoms with Crippen molar-refractivity contribution in [1.82, 2.24) is 29.4 Å². The van der Waals surface area contributed by atoms with Gasteiger partial charge in [-0.1, -0.05) is 0 Å². The third-order valence-corrected chi connectivity index (χ3v) is 3.98. The highest BCUT2D eigenvalue weighted by Gasteiger charge is 2.23. The normalized spacial score (nSPS) is 18.7.